The van der Waals surface area contributed by atoms with E-state index in [0.717, 1.165) is 9.35 Å². The molecule has 1 aromatic rings. The van der Waals surface area contributed by atoms with Crippen LogP contribution in [0.15, 0.2) is 14.1 Å². The lowest BCUT2D eigenvalue weighted by Gasteiger charge is -2.14. The molecule has 1 heterocycles. The summed E-state index contributed by atoms with van der Waals surface area (Å²) in [6.45, 7) is 2.19. The van der Waals surface area contributed by atoms with E-state index in [0.29, 0.717) is 16.1 Å². The SMILES string of the molecule is COCC(CBr)NS(=O)(=O)c1cc(C)c(Br)s1. The summed E-state index contributed by atoms with van der Waals surface area (Å²) in [4.78, 5) is 0. The van der Waals surface area contributed by atoms with Crippen molar-refractivity contribution >= 4 is 53.2 Å². The summed E-state index contributed by atoms with van der Waals surface area (Å²) in [6.07, 6.45) is 0. The Labute approximate surface area is 122 Å². The lowest BCUT2D eigenvalue weighted by Crippen LogP contribution is -2.38. The summed E-state index contributed by atoms with van der Waals surface area (Å²) in [6, 6.07) is 1.38. The number of sulfonamides is 1. The molecule has 0 aliphatic heterocycles. The van der Waals surface area contributed by atoms with E-state index < -0.39 is 10.0 Å². The minimum Gasteiger partial charge on any atom is -0.383 e. The van der Waals surface area contributed by atoms with Gasteiger partial charge in [0.2, 0.25) is 10.0 Å². The number of methoxy groups -OCH3 is 1. The summed E-state index contributed by atoms with van der Waals surface area (Å²) in [7, 11) is -1.93. The largest absolute Gasteiger partial charge is 0.383 e. The highest BCUT2D eigenvalue weighted by Crippen LogP contribution is 2.30. The molecule has 0 spiro atoms. The molecule has 1 unspecified atom stereocenters. The van der Waals surface area contributed by atoms with Gasteiger partial charge in [-0.3, -0.25) is 0 Å². The zero-order valence-corrected chi connectivity index (χ0v) is 14.2. The van der Waals surface area contributed by atoms with E-state index in [9.17, 15) is 8.42 Å². The molecule has 1 rings (SSSR count). The zero-order valence-electron chi connectivity index (χ0n) is 9.37. The molecule has 1 N–H and O–H groups in total. The second-order valence-corrected chi connectivity index (χ2v) is 8.41. The van der Waals surface area contributed by atoms with Crippen LogP contribution in [-0.4, -0.2) is 33.5 Å². The van der Waals surface area contributed by atoms with E-state index in [4.69, 9.17) is 4.74 Å². The van der Waals surface area contributed by atoms with Gasteiger partial charge in [-0.2, -0.15) is 0 Å². The summed E-state index contributed by atoms with van der Waals surface area (Å²) in [5.74, 6) is 0. The third kappa shape index (κ3) is 4.29. The molecular formula is C9H13Br2NO3S2. The van der Waals surface area contributed by atoms with Crippen LogP contribution in [0.5, 0.6) is 0 Å². The van der Waals surface area contributed by atoms with Crippen LogP contribution in [0.2, 0.25) is 0 Å². The van der Waals surface area contributed by atoms with Crippen LogP contribution in [-0.2, 0) is 14.8 Å². The molecule has 1 aromatic heterocycles. The topological polar surface area (TPSA) is 55.4 Å². The summed E-state index contributed by atoms with van der Waals surface area (Å²) >= 11 is 7.77. The standard InChI is InChI=1S/C9H13Br2NO3S2/c1-6-3-8(16-9(6)11)17(13,14)12-7(4-10)5-15-2/h3,7,12H,4-5H2,1-2H3. The molecule has 0 bridgehead atoms. The average molecular weight is 407 g/mol. The summed E-state index contributed by atoms with van der Waals surface area (Å²) in [5.41, 5.74) is 0.914. The number of aryl methyl sites for hydroxylation is 1. The fourth-order valence-electron chi connectivity index (χ4n) is 1.15. The van der Waals surface area contributed by atoms with Crippen molar-refractivity contribution in [3.63, 3.8) is 0 Å². The minimum atomic E-state index is -3.47. The van der Waals surface area contributed by atoms with E-state index in [-0.39, 0.29) is 6.04 Å². The number of thiophene rings is 1. The van der Waals surface area contributed by atoms with E-state index in [1.54, 1.807) is 6.07 Å². The molecule has 0 aromatic carbocycles. The van der Waals surface area contributed by atoms with Gasteiger partial charge in [-0.25, -0.2) is 13.1 Å². The number of rotatable bonds is 6. The molecular weight excluding hydrogens is 394 g/mol. The highest BCUT2D eigenvalue weighted by Gasteiger charge is 2.22. The molecule has 17 heavy (non-hydrogen) atoms. The molecule has 0 fully saturated rings. The average Bonchev–Trinajstić information content (AvgIpc) is 2.59. The third-order valence-electron chi connectivity index (χ3n) is 1.98. The van der Waals surface area contributed by atoms with E-state index >= 15 is 0 Å². The van der Waals surface area contributed by atoms with Crippen molar-refractivity contribution in [2.45, 2.75) is 17.2 Å². The van der Waals surface area contributed by atoms with Gasteiger partial charge >= 0.3 is 0 Å². The second kappa shape index (κ2) is 6.63. The molecule has 8 heteroatoms. The van der Waals surface area contributed by atoms with Gasteiger partial charge in [0.1, 0.15) is 4.21 Å². The van der Waals surface area contributed by atoms with Crippen LogP contribution in [0.1, 0.15) is 5.56 Å². The van der Waals surface area contributed by atoms with Crippen molar-refractivity contribution in [2.24, 2.45) is 0 Å². The van der Waals surface area contributed by atoms with Gasteiger partial charge in [0.25, 0.3) is 0 Å². The monoisotopic (exact) mass is 405 g/mol. The molecule has 0 aliphatic rings. The van der Waals surface area contributed by atoms with Crippen molar-refractivity contribution in [3.8, 4) is 0 Å². The Balaban J connectivity index is 2.88. The molecule has 0 amide bonds. The zero-order chi connectivity index (χ0) is 13.1. The first-order chi connectivity index (χ1) is 7.90. The van der Waals surface area contributed by atoms with Gasteiger partial charge in [-0.1, -0.05) is 15.9 Å². The molecule has 0 saturated heterocycles. The maximum absolute atomic E-state index is 12.0. The maximum atomic E-state index is 12.0. The number of halogens is 2. The molecule has 98 valence electrons. The normalized spacial score (nSPS) is 13.9. The molecule has 4 nitrogen and oxygen atoms in total. The fraction of sp³-hybridized carbons (Fsp3) is 0.556. The van der Waals surface area contributed by atoms with Gasteiger partial charge < -0.3 is 4.74 Å². The molecule has 0 radical (unpaired) electrons. The lowest BCUT2D eigenvalue weighted by molar-refractivity contribution is 0.182. The smallest absolute Gasteiger partial charge is 0.250 e. The minimum absolute atomic E-state index is 0.272. The highest BCUT2D eigenvalue weighted by atomic mass is 79.9. The van der Waals surface area contributed by atoms with Crippen LogP contribution in [0.4, 0.5) is 0 Å². The van der Waals surface area contributed by atoms with Crippen LogP contribution in [0.3, 0.4) is 0 Å². The number of hydrogen-bond donors (Lipinski definition) is 1. The Kier molecular flexibility index (Phi) is 6.07. The Hall–Kier alpha value is 0.530. The quantitative estimate of drug-likeness (QED) is 0.738. The lowest BCUT2D eigenvalue weighted by atomic mass is 10.4. The van der Waals surface area contributed by atoms with E-state index in [1.165, 1.54) is 18.4 Å². The van der Waals surface area contributed by atoms with Gasteiger partial charge in [0.15, 0.2) is 0 Å². The number of nitrogens with one attached hydrogen (secondary N) is 1. The number of alkyl halides is 1. The van der Waals surface area contributed by atoms with Crippen molar-refractivity contribution in [1.82, 2.24) is 4.72 Å². The van der Waals surface area contributed by atoms with Crippen molar-refractivity contribution in [3.05, 3.63) is 15.4 Å². The summed E-state index contributed by atoms with van der Waals surface area (Å²) in [5, 5.41) is 0.506. The first-order valence-electron chi connectivity index (χ1n) is 4.74. The predicted molar refractivity (Wildman–Crippen MR) is 76.5 cm³/mol. The number of ether oxygens (including phenoxy) is 1. The van der Waals surface area contributed by atoms with Gasteiger partial charge in [0, 0.05) is 12.4 Å². The fourth-order valence-corrected chi connectivity index (χ4v) is 5.18. The van der Waals surface area contributed by atoms with E-state index in [2.05, 4.69) is 36.6 Å². The van der Waals surface area contributed by atoms with Gasteiger partial charge in [0.05, 0.1) is 16.4 Å². The molecule has 0 saturated carbocycles. The third-order valence-corrected chi connectivity index (χ3v) is 6.89. The van der Waals surface area contributed by atoms with Gasteiger partial charge in [-0.15, -0.1) is 11.3 Å². The maximum Gasteiger partial charge on any atom is 0.250 e. The Bertz CT molecular complexity index is 453. The van der Waals surface area contributed by atoms with Crippen molar-refractivity contribution in [1.29, 1.82) is 0 Å². The molecule has 0 aliphatic carbocycles. The Morgan fingerprint density at radius 1 is 1.59 bits per heavy atom. The predicted octanol–water partition coefficient (Wildman–Crippen LogP) is 2.51. The van der Waals surface area contributed by atoms with Crippen LogP contribution < -0.4 is 4.72 Å². The number of hydrogen-bond acceptors (Lipinski definition) is 4. The van der Waals surface area contributed by atoms with Gasteiger partial charge in [-0.05, 0) is 34.5 Å². The molecule has 1 atom stereocenters. The Morgan fingerprint density at radius 3 is 2.65 bits per heavy atom. The van der Waals surface area contributed by atoms with Crippen LogP contribution >= 0.6 is 43.2 Å². The summed E-state index contributed by atoms with van der Waals surface area (Å²) < 4.78 is 32.8. The second-order valence-electron chi connectivity index (χ2n) is 3.45. The first-order valence-corrected chi connectivity index (χ1v) is 8.95. The van der Waals surface area contributed by atoms with E-state index in [1.807, 2.05) is 6.92 Å². The van der Waals surface area contributed by atoms with Crippen LogP contribution in [0, 0.1) is 6.92 Å². The first kappa shape index (κ1) is 15.6. The van der Waals surface area contributed by atoms with Crippen molar-refractivity contribution < 1.29 is 13.2 Å². The van der Waals surface area contributed by atoms with Crippen molar-refractivity contribution in [2.75, 3.05) is 19.0 Å². The highest BCUT2D eigenvalue weighted by molar-refractivity contribution is 9.11. The van der Waals surface area contributed by atoms with Crippen LogP contribution in [0.25, 0.3) is 0 Å². The Morgan fingerprint density at radius 2 is 2.24 bits per heavy atom.